The van der Waals surface area contributed by atoms with Crippen LogP contribution in [0.1, 0.15) is 41.9 Å². The molecule has 0 unspecified atom stereocenters. The quantitative estimate of drug-likeness (QED) is 0.485. The lowest BCUT2D eigenvalue weighted by atomic mass is 9.73. The van der Waals surface area contributed by atoms with Gasteiger partial charge in [0, 0.05) is 39.0 Å². The van der Waals surface area contributed by atoms with Gasteiger partial charge in [0.1, 0.15) is 6.33 Å². The number of nitrogens with zero attached hydrogens (tertiary/aromatic N) is 5. The van der Waals surface area contributed by atoms with Crippen LogP contribution in [-0.2, 0) is 17.3 Å². The standard InChI is InChI=1S/C23H27N7O3/c1-29-18-17(28-20(29)21(32)24-10-4-5-13-31)19(26-14-25-18)30-11-8-23(9-12-30)15-6-2-3-7-16(15)27-22(23)33/h2-3,6-7,14,31H,4-5,8-13H2,1H3,(H,24,32)(H,27,33). The molecule has 172 valence electrons. The number of amides is 2. The molecule has 10 nitrogen and oxygen atoms in total. The number of benzene rings is 1. The van der Waals surface area contributed by atoms with Gasteiger partial charge in [0.15, 0.2) is 17.0 Å². The van der Waals surface area contributed by atoms with Crippen LogP contribution in [0.2, 0.25) is 0 Å². The molecule has 0 atom stereocenters. The molecular formula is C23H27N7O3. The summed E-state index contributed by atoms with van der Waals surface area (Å²) in [7, 11) is 1.76. The van der Waals surface area contributed by atoms with E-state index in [9.17, 15) is 9.59 Å². The second-order valence-corrected chi connectivity index (χ2v) is 8.62. The number of imidazole rings is 1. The highest BCUT2D eigenvalue weighted by atomic mass is 16.3. The van der Waals surface area contributed by atoms with Crippen molar-refractivity contribution in [2.75, 3.05) is 36.5 Å². The Labute approximate surface area is 191 Å². The summed E-state index contributed by atoms with van der Waals surface area (Å²) in [5, 5.41) is 14.8. The molecule has 33 heavy (non-hydrogen) atoms. The van der Waals surface area contributed by atoms with E-state index in [1.807, 2.05) is 24.3 Å². The van der Waals surface area contributed by atoms with Gasteiger partial charge in [-0.2, -0.15) is 0 Å². The van der Waals surface area contributed by atoms with E-state index in [2.05, 4.69) is 30.5 Å². The van der Waals surface area contributed by atoms with Crippen LogP contribution in [0.3, 0.4) is 0 Å². The largest absolute Gasteiger partial charge is 0.396 e. The Morgan fingerprint density at radius 3 is 2.79 bits per heavy atom. The lowest BCUT2D eigenvalue weighted by molar-refractivity contribution is -0.121. The Morgan fingerprint density at radius 1 is 1.21 bits per heavy atom. The minimum atomic E-state index is -0.511. The van der Waals surface area contributed by atoms with Crippen LogP contribution in [0.4, 0.5) is 11.5 Å². The smallest absolute Gasteiger partial charge is 0.287 e. The van der Waals surface area contributed by atoms with E-state index < -0.39 is 5.41 Å². The number of piperidine rings is 1. The summed E-state index contributed by atoms with van der Waals surface area (Å²) < 4.78 is 1.67. The van der Waals surface area contributed by atoms with Crippen LogP contribution in [0, 0.1) is 0 Å². The zero-order valence-electron chi connectivity index (χ0n) is 18.5. The highest BCUT2D eigenvalue weighted by Gasteiger charge is 2.48. The third kappa shape index (κ3) is 3.50. The zero-order chi connectivity index (χ0) is 23.0. The number of unbranched alkanes of at least 4 members (excludes halogenated alkanes) is 1. The van der Waals surface area contributed by atoms with Crippen molar-refractivity contribution < 1.29 is 14.7 Å². The normalized spacial score (nSPS) is 16.8. The van der Waals surface area contributed by atoms with Crippen molar-refractivity contribution in [3.05, 3.63) is 42.0 Å². The summed E-state index contributed by atoms with van der Waals surface area (Å²) in [5.74, 6) is 0.732. The fourth-order valence-electron chi connectivity index (χ4n) is 4.91. The fraction of sp³-hybridized carbons (Fsp3) is 0.435. The Bertz CT molecular complexity index is 1210. The minimum Gasteiger partial charge on any atom is -0.396 e. The summed E-state index contributed by atoms with van der Waals surface area (Å²) in [6, 6.07) is 7.90. The average Bonchev–Trinajstić information content (AvgIpc) is 3.32. The summed E-state index contributed by atoms with van der Waals surface area (Å²) >= 11 is 0. The lowest BCUT2D eigenvalue weighted by Gasteiger charge is -2.38. The number of nitrogens with one attached hydrogen (secondary N) is 2. The number of carbonyl (C=O) groups is 2. The van der Waals surface area contributed by atoms with Crippen LogP contribution >= 0.6 is 0 Å². The monoisotopic (exact) mass is 449 g/mol. The Balaban J connectivity index is 1.38. The molecule has 1 fully saturated rings. The van der Waals surface area contributed by atoms with Crippen molar-refractivity contribution in [3.63, 3.8) is 0 Å². The van der Waals surface area contributed by atoms with Gasteiger partial charge in [-0.25, -0.2) is 15.0 Å². The Hall–Kier alpha value is -3.53. The molecule has 0 radical (unpaired) electrons. The van der Waals surface area contributed by atoms with E-state index in [4.69, 9.17) is 5.11 Å². The van der Waals surface area contributed by atoms with Crippen molar-refractivity contribution in [2.45, 2.75) is 31.1 Å². The van der Waals surface area contributed by atoms with Gasteiger partial charge in [-0.1, -0.05) is 18.2 Å². The van der Waals surface area contributed by atoms with E-state index in [1.54, 1.807) is 11.6 Å². The highest BCUT2D eigenvalue weighted by Crippen LogP contribution is 2.45. The number of aliphatic hydroxyl groups is 1. The first kappa shape index (κ1) is 21.3. The van der Waals surface area contributed by atoms with Gasteiger partial charge in [-0.05, 0) is 37.3 Å². The van der Waals surface area contributed by atoms with Crippen molar-refractivity contribution in [2.24, 2.45) is 7.05 Å². The molecule has 1 aromatic carbocycles. The zero-order valence-corrected chi connectivity index (χ0v) is 18.5. The molecule has 3 N–H and O–H groups in total. The first-order chi connectivity index (χ1) is 16.0. The molecule has 3 aromatic rings. The number of para-hydroxylation sites is 1. The SMILES string of the molecule is Cn1c(C(=O)NCCCCO)nc2c(N3CCC4(CC3)C(=O)Nc3ccccc34)ncnc21. The van der Waals surface area contributed by atoms with Crippen LogP contribution in [0.15, 0.2) is 30.6 Å². The number of hydrogen-bond donors (Lipinski definition) is 3. The van der Waals surface area contributed by atoms with Crippen molar-refractivity contribution in [1.82, 2.24) is 24.8 Å². The number of anilines is 2. The van der Waals surface area contributed by atoms with Crippen molar-refractivity contribution in [3.8, 4) is 0 Å². The predicted molar refractivity (Wildman–Crippen MR) is 123 cm³/mol. The van der Waals surface area contributed by atoms with Crippen LogP contribution in [0.25, 0.3) is 11.2 Å². The third-order valence-electron chi connectivity index (χ3n) is 6.75. The number of hydrogen-bond acceptors (Lipinski definition) is 7. The van der Waals surface area contributed by atoms with Crippen LogP contribution in [-0.4, -0.2) is 62.7 Å². The molecule has 0 bridgehead atoms. The maximum absolute atomic E-state index is 12.9. The van der Waals surface area contributed by atoms with Gasteiger partial charge >= 0.3 is 0 Å². The predicted octanol–water partition coefficient (Wildman–Crippen LogP) is 1.36. The summed E-state index contributed by atoms with van der Waals surface area (Å²) in [4.78, 5) is 41.1. The molecule has 1 spiro atoms. The van der Waals surface area contributed by atoms with E-state index in [0.29, 0.717) is 62.3 Å². The molecule has 0 saturated carbocycles. The first-order valence-corrected chi connectivity index (χ1v) is 11.3. The molecule has 4 heterocycles. The maximum Gasteiger partial charge on any atom is 0.287 e. The van der Waals surface area contributed by atoms with Gasteiger partial charge in [0.05, 0.1) is 5.41 Å². The number of aliphatic hydroxyl groups excluding tert-OH is 1. The van der Waals surface area contributed by atoms with Crippen LogP contribution < -0.4 is 15.5 Å². The number of carbonyl (C=O) groups excluding carboxylic acids is 2. The Kier molecular flexibility index (Phi) is 5.45. The number of aromatic nitrogens is 4. The van der Waals surface area contributed by atoms with Crippen molar-refractivity contribution in [1.29, 1.82) is 0 Å². The number of aryl methyl sites for hydroxylation is 1. The van der Waals surface area contributed by atoms with Gasteiger partial charge < -0.3 is 25.2 Å². The molecule has 5 rings (SSSR count). The minimum absolute atomic E-state index is 0.0641. The molecule has 2 aliphatic rings. The molecule has 2 aliphatic heterocycles. The number of rotatable bonds is 6. The number of fused-ring (bicyclic) bond motifs is 3. The summed E-state index contributed by atoms with van der Waals surface area (Å²) in [6.07, 6.45) is 4.17. The topological polar surface area (TPSA) is 125 Å². The van der Waals surface area contributed by atoms with E-state index in [-0.39, 0.29) is 24.2 Å². The first-order valence-electron chi connectivity index (χ1n) is 11.3. The fourth-order valence-corrected chi connectivity index (χ4v) is 4.91. The molecule has 1 saturated heterocycles. The Morgan fingerprint density at radius 2 is 2.00 bits per heavy atom. The van der Waals surface area contributed by atoms with Crippen LogP contribution in [0.5, 0.6) is 0 Å². The second kappa shape index (κ2) is 8.43. The highest BCUT2D eigenvalue weighted by molar-refractivity contribution is 6.06. The van der Waals surface area contributed by atoms with Gasteiger partial charge in [-0.15, -0.1) is 0 Å². The second-order valence-electron chi connectivity index (χ2n) is 8.62. The van der Waals surface area contributed by atoms with Gasteiger partial charge in [-0.3, -0.25) is 9.59 Å². The maximum atomic E-state index is 12.9. The molecular weight excluding hydrogens is 422 g/mol. The average molecular weight is 450 g/mol. The van der Waals surface area contributed by atoms with E-state index in [0.717, 1.165) is 11.3 Å². The van der Waals surface area contributed by atoms with Gasteiger partial charge in [0.25, 0.3) is 5.91 Å². The third-order valence-corrected chi connectivity index (χ3v) is 6.75. The van der Waals surface area contributed by atoms with Gasteiger partial charge in [0.2, 0.25) is 11.7 Å². The molecule has 0 aliphatic carbocycles. The van der Waals surface area contributed by atoms with E-state index in [1.165, 1.54) is 6.33 Å². The summed E-state index contributed by atoms with van der Waals surface area (Å²) in [6.45, 7) is 1.87. The molecule has 2 aromatic heterocycles. The lowest BCUT2D eigenvalue weighted by Crippen LogP contribution is -2.46. The summed E-state index contributed by atoms with van der Waals surface area (Å²) in [5.41, 5.74) is 2.63. The van der Waals surface area contributed by atoms with Crippen molar-refractivity contribution >= 4 is 34.5 Å². The van der Waals surface area contributed by atoms with E-state index >= 15 is 0 Å². The molecule has 2 amide bonds. The molecule has 10 heteroatoms.